The molecule has 0 bridgehead atoms. The number of pyridine rings is 1. The van der Waals surface area contributed by atoms with Crippen molar-refractivity contribution < 1.29 is 27.9 Å². The van der Waals surface area contributed by atoms with Gasteiger partial charge in [-0.15, -0.1) is 0 Å². The first kappa shape index (κ1) is 23.6. The van der Waals surface area contributed by atoms with Gasteiger partial charge in [-0.05, 0) is 48.0 Å². The van der Waals surface area contributed by atoms with E-state index in [2.05, 4.69) is 10.3 Å². The number of nitrogens with zero attached hydrogens (tertiary/aromatic N) is 2. The highest BCUT2D eigenvalue weighted by molar-refractivity contribution is 6.48. The average molecular weight is 508 g/mol. The number of phenolic OH excluding ortho intramolecular Hbond substituents is 1. The summed E-state index contributed by atoms with van der Waals surface area (Å²) in [7, 11) is 0. The number of amides is 1. The Morgan fingerprint density at radius 2 is 1.74 bits per heavy atom. The van der Waals surface area contributed by atoms with Crippen molar-refractivity contribution in [2.45, 2.75) is 12.7 Å². The number of ketones is 1. The van der Waals surface area contributed by atoms with Crippen LogP contribution in [0.3, 0.4) is 0 Å². The van der Waals surface area contributed by atoms with Crippen molar-refractivity contribution in [3.8, 4) is 5.75 Å². The zero-order chi connectivity index (χ0) is 24.6. The molecule has 2 aromatic heterocycles. The fourth-order valence-corrected chi connectivity index (χ4v) is 4.06. The molecule has 11 heteroatoms. The molecule has 0 aliphatic rings. The second-order valence-electron chi connectivity index (χ2n) is 7.26. The predicted molar refractivity (Wildman–Crippen MR) is 121 cm³/mol. The number of rotatable bonds is 5. The number of aromatic nitrogens is 2. The van der Waals surface area contributed by atoms with Crippen LogP contribution in [0, 0.1) is 0 Å². The minimum absolute atomic E-state index is 0.0174. The van der Waals surface area contributed by atoms with Gasteiger partial charge in [-0.3, -0.25) is 14.6 Å². The first-order chi connectivity index (χ1) is 16.1. The lowest BCUT2D eigenvalue weighted by molar-refractivity contribution is -0.143. The summed E-state index contributed by atoms with van der Waals surface area (Å²) in [5, 5.41) is 12.4. The zero-order valence-corrected chi connectivity index (χ0v) is 18.5. The van der Waals surface area contributed by atoms with Crippen LogP contribution in [0.5, 0.6) is 5.75 Å². The van der Waals surface area contributed by atoms with Crippen LogP contribution >= 0.6 is 23.2 Å². The van der Waals surface area contributed by atoms with Crippen LogP contribution in [0.25, 0.3) is 10.9 Å². The minimum atomic E-state index is -5.02. The van der Waals surface area contributed by atoms with Gasteiger partial charge in [-0.1, -0.05) is 29.3 Å². The van der Waals surface area contributed by atoms with E-state index in [0.717, 1.165) is 10.6 Å². The van der Waals surface area contributed by atoms with E-state index in [9.17, 15) is 27.9 Å². The topological polar surface area (TPSA) is 84.2 Å². The minimum Gasteiger partial charge on any atom is -0.508 e. The summed E-state index contributed by atoms with van der Waals surface area (Å²) in [4.78, 5) is 29.5. The van der Waals surface area contributed by atoms with Crippen LogP contribution in [0.4, 0.5) is 18.9 Å². The lowest BCUT2D eigenvalue weighted by Crippen LogP contribution is -2.26. The van der Waals surface area contributed by atoms with Gasteiger partial charge in [-0.25, -0.2) is 0 Å². The maximum atomic E-state index is 14.3. The number of hydrogen-bond acceptors (Lipinski definition) is 4. The van der Waals surface area contributed by atoms with Gasteiger partial charge in [0, 0.05) is 45.6 Å². The number of Topliss-reactive ketones (excluding diaryl/α,β-unsaturated/α-hetero) is 1. The van der Waals surface area contributed by atoms with Gasteiger partial charge in [0.1, 0.15) is 11.4 Å². The Kier molecular flexibility index (Phi) is 6.24. The zero-order valence-electron chi connectivity index (χ0n) is 17.0. The molecule has 0 radical (unpaired) electrons. The molecule has 4 rings (SSSR count). The number of anilines is 1. The number of halogens is 5. The van der Waals surface area contributed by atoms with Gasteiger partial charge < -0.3 is 15.0 Å². The van der Waals surface area contributed by atoms with Crippen molar-refractivity contribution >= 4 is 51.5 Å². The van der Waals surface area contributed by atoms with E-state index in [0.29, 0.717) is 10.6 Å². The first-order valence-corrected chi connectivity index (χ1v) is 10.4. The van der Waals surface area contributed by atoms with E-state index < -0.39 is 29.1 Å². The third-order valence-corrected chi connectivity index (χ3v) is 5.62. The molecule has 2 N–H and O–H groups in total. The molecule has 0 atom stereocenters. The van der Waals surface area contributed by atoms with E-state index in [1.165, 1.54) is 54.9 Å². The summed E-state index contributed by atoms with van der Waals surface area (Å²) in [6.07, 6.45) is -2.32. The quantitative estimate of drug-likeness (QED) is 0.258. The van der Waals surface area contributed by atoms with E-state index in [1.54, 1.807) is 0 Å². The molecule has 34 heavy (non-hydrogen) atoms. The largest absolute Gasteiger partial charge is 0.508 e. The van der Waals surface area contributed by atoms with Gasteiger partial charge in [0.15, 0.2) is 0 Å². The molecule has 0 saturated heterocycles. The second kappa shape index (κ2) is 9.00. The van der Waals surface area contributed by atoms with Crippen LogP contribution in [-0.4, -0.2) is 26.3 Å². The Morgan fingerprint density at radius 3 is 2.38 bits per heavy atom. The van der Waals surface area contributed by atoms with Crippen LogP contribution in [0.1, 0.15) is 21.6 Å². The Labute approximate surface area is 200 Å². The molecule has 0 fully saturated rings. The summed E-state index contributed by atoms with van der Waals surface area (Å²) in [5.74, 6) is -3.06. The van der Waals surface area contributed by atoms with E-state index in [-0.39, 0.29) is 33.9 Å². The maximum absolute atomic E-state index is 14.3. The number of aromatic hydroxyl groups is 1. The van der Waals surface area contributed by atoms with E-state index in [4.69, 9.17) is 23.2 Å². The van der Waals surface area contributed by atoms with Gasteiger partial charge >= 0.3 is 6.18 Å². The third kappa shape index (κ3) is 4.57. The highest BCUT2D eigenvalue weighted by Crippen LogP contribution is 2.40. The van der Waals surface area contributed by atoms with Crippen molar-refractivity contribution in [1.29, 1.82) is 0 Å². The highest BCUT2D eigenvalue weighted by Gasteiger charge is 2.42. The molecule has 0 unspecified atom stereocenters. The SMILES string of the molecule is O=C(Nc1ccncc1)C(=O)c1c(C(F)(F)F)n(Cc2ccc(Cl)cc2Cl)c2ccc(O)cc12. The molecule has 0 aliphatic heterocycles. The normalized spacial score (nSPS) is 11.6. The van der Waals surface area contributed by atoms with Gasteiger partial charge in [0.2, 0.25) is 0 Å². The fourth-order valence-electron chi connectivity index (χ4n) is 3.59. The number of phenols is 1. The van der Waals surface area contributed by atoms with E-state index in [1.807, 2.05) is 0 Å². The lowest BCUT2D eigenvalue weighted by Gasteiger charge is -2.15. The first-order valence-electron chi connectivity index (χ1n) is 9.68. The standard InChI is InChI=1S/C23H14Cl2F3N3O3/c24-13-2-1-12(17(25)9-13)11-31-18-4-3-15(32)10-16(18)19(21(31)23(26,27)28)20(33)22(34)30-14-5-7-29-8-6-14/h1-10,32H,11H2,(H,29,30,34). The summed E-state index contributed by atoms with van der Waals surface area (Å²) >= 11 is 12.1. The molecule has 6 nitrogen and oxygen atoms in total. The number of carbonyl (C=O) groups excluding carboxylic acids is 2. The number of carbonyl (C=O) groups is 2. The Balaban J connectivity index is 1.91. The monoisotopic (exact) mass is 507 g/mol. The van der Waals surface area contributed by atoms with Crippen LogP contribution in [0.15, 0.2) is 60.9 Å². The second-order valence-corrected chi connectivity index (χ2v) is 8.11. The van der Waals surface area contributed by atoms with Crippen molar-refractivity contribution in [3.63, 3.8) is 0 Å². The lowest BCUT2D eigenvalue weighted by atomic mass is 10.0. The smallest absolute Gasteiger partial charge is 0.432 e. The Morgan fingerprint density at radius 1 is 1.03 bits per heavy atom. The number of fused-ring (bicyclic) bond motifs is 1. The molecule has 4 aromatic rings. The summed E-state index contributed by atoms with van der Waals surface area (Å²) < 4.78 is 43.9. The summed E-state index contributed by atoms with van der Waals surface area (Å²) in [5.41, 5.74) is -1.75. The molecule has 0 saturated carbocycles. The van der Waals surface area contributed by atoms with Gasteiger partial charge in [0.25, 0.3) is 11.7 Å². The molecule has 2 aromatic carbocycles. The maximum Gasteiger partial charge on any atom is 0.432 e. The van der Waals surface area contributed by atoms with Crippen LogP contribution in [0.2, 0.25) is 10.0 Å². The predicted octanol–water partition coefficient (Wildman–Crippen LogP) is 5.94. The molecule has 0 spiro atoms. The molecule has 0 aliphatic carbocycles. The van der Waals surface area contributed by atoms with Crippen molar-refractivity contribution in [2.24, 2.45) is 0 Å². The summed E-state index contributed by atoms with van der Waals surface area (Å²) in [6, 6.07) is 10.5. The molecule has 174 valence electrons. The van der Waals surface area contributed by atoms with Gasteiger partial charge in [-0.2, -0.15) is 13.2 Å². The van der Waals surface area contributed by atoms with Crippen molar-refractivity contribution in [3.05, 3.63) is 87.8 Å². The number of benzene rings is 2. The van der Waals surface area contributed by atoms with Crippen molar-refractivity contribution in [1.82, 2.24) is 9.55 Å². The number of alkyl halides is 3. The molecule has 1 amide bonds. The molecular weight excluding hydrogens is 494 g/mol. The van der Waals surface area contributed by atoms with Crippen LogP contribution < -0.4 is 5.32 Å². The average Bonchev–Trinajstić information content (AvgIpc) is 3.09. The number of nitrogens with one attached hydrogen (secondary N) is 1. The Bertz CT molecular complexity index is 1420. The molecular formula is C23H14Cl2F3N3O3. The molecule has 2 heterocycles. The third-order valence-electron chi connectivity index (χ3n) is 5.03. The number of hydrogen-bond donors (Lipinski definition) is 2. The Hall–Kier alpha value is -3.56. The van der Waals surface area contributed by atoms with E-state index >= 15 is 0 Å². The van der Waals surface area contributed by atoms with Crippen molar-refractivity contribution in [2.75, 3.05) is 5.32 Å². The highest BCUT2D eigenvalue weighted by atomic mass is 35.5. The van der Waals surface area contributed by atoms with Crippen LogP contribution in [-0.2, 0) is 17.5 Å². The summed E-state index contributed by atoms with van der Waals surface area (Å²) in [6.45, 7) is -0.370. The fraction of sp³-hybridized carbons (Fsp3) is 0.0870. The van der Waals surface area contributed by atoms with Gasteiger partial charge in [0.05, 0.1) is 5.56 Å².